The second-order valence-corrected chi connectivity index (χ2v) is 5.31. The summed E-state index contributed by atoms with van der Waals surface area (Å²) in [5.41, 5.74) is 3.06. The van der Waals surface area contributed by atoms with Crippen molar-refractivity contribution >= 4 is 28.8 Å². The Balaban J connectivity index is 2.58. The highest BCUT2D eigenvalue weighted by Crippen LogP contribution is 2.30. The topological polar surface area (TPSA) is 55.1 Å². The Kier molecular flexibility index (Phi) is 3.95. The van der Waals surface area contributed by atoms with Crippen molar-refractivity contribution in [3.05, 3.63) is 36.4 Å². The van der Waals surface area contributed by atoms with E-state index in [1.807, 2.05) is 42.7 Å². The van der Waals surface area contributed by atoms with Crippen molar-refractivity contribution in [2.75, 3.05) is 5.75 Å². The summed E-state index contributed by atoms with van der Waals surface area (Å²) >= 11 is 1.24. The summed E-state index contributed by atoms with van der Waals surface area (Å²) in [7, 11) is 0. The monoisotopic (exact) mass is 276 g/mol. The fourth-order valence-corrected chi connectivity index (χ4v) is 2.82. The molecule has 0 fully saturated rings. The van der Waals surface area contributed by atoms with Crippen molar-refractivity contribution in [3.8, 4) is 0 Å². The van der Waals surface area contributed by atoms with E-state index in [1.54, 1.807) is 0 Å². The highest BCUT2D eigenvalue weighted by molar-refractivity contribution is 7.99. The molecule has 5 heteroatoms. The molecule has 1 N–H and O–H groups in total. The molecule has 1 unspecified atom stereocenters. The van der Waals surface area contributed by atoms with Gasteiger partial charge in [0.2, 0.25) is 0 Å². The largest absolute Gasteiger partial charge is 0.481 e. The Morgan fingerprint density at radius 3 is 3.00 bits per heavy atom. The number of thioether (sulfide) groups is 1. The van der Waals surface area contributed by atoms with Gasteiger partial charge in [-0.1, -0.05) is 30.0 Å². The zero-order chi connectivity index (χ0) is 14.0. The number of aryl methyl sites for hydroxylation is 1. The molecule has 1 aromatic heterocycles. The van der Waals surface area contributed by atoms with Crippen molar-refractivity contribution in [1.82, 2.24) is 9.55 Å². The normalized spacial score (nSPS) is 12.5. The highest BCUT2D eigenvalue weighted by atomic mass is 32.2. The van der Waals surface area contributed by atoms with E-state index in [1.165, 1.54) is 11.8 Å². The molecular formula is C14H16N2O2S. The first-order chi connectivity index (χ1) is 9.04. The lowest BCUT2D eigenvalue weighted by molar-refractivity contribution is -0.133. The number of hydrogen-bond donors (Lipinski definition) is 1. The van der Waals surface area contributed by atoms with Crippen LogP contribution in [0.5, 0.6) is 0 Å². The van der Waals surface area contributed by atoms with Crippen LogP contribution in [0.25, 0.3) is 11.0 Å². The number of rotatable bonds is 5. The van der Waals surface area contributed by atoms with E-state index < -0.39 is 5.97 Å². The van der Waals surface area contributed by atoms with Crippen molar-refractivity contribution in [2.45, 2.75) is 25.0 Å². The Bertz CT molecular complexity index is 634. The molecule has 0 aliphatic rings. The number of fused-ring (bicyclic) bond motifs is 1. The molecule has 1 heterocycles. The van der Waals surface area contributed by atoms with E-state index in [-0.39, 0.29) is 11.8 Å². The summed E-state index contributed by atoms with van der Waals surface area (Å²) in [6, 6.07) is 6.00. The third kappa shape index (κ3) is 2.66. The molecule has 0 aliphatic heterocycles. The minimum atomic E-state index is -0.841. The summed E-state index contributed by atoms with van der Waals surface area (Å²) in [6.45, 7) is 7.86. The molecular weight excluding hydrogens is 260 g/mol. The fraction of sp³-hybridized carbons (Fsp3) is 0.286. The number of imidazole rings is 1. The van der Waals surface area contributed by atoms with Crippen LogP contribution in [0.15, 0.2) is 36.0 Å². The maximum atomic E-state index is 10.7. The Hall–Kier alpha value is -1.75. The lowest BCUT2D eigenvalue weighted by Crippen LogP contribution is -2.06. The molecule has 0 aliphatic carbocycles. The molecule has 4 nitrogen and oxygen atoms in total. The zero-order valence-corrected chi connectivity index (χ0v) is 11.8. The number of aliphatic carboxylic acids is 1. The van der Waals surface area contributed by atoms with Crippen LogP contribution in [-0.2, 0) is 4.79 Å². The molecule has 1 atom stereocenters. The first kappa shape index (κ1) is 13.7. The third-order valence-corrected chi connectivity index (χ3v) is 3.89. The summed E-state index contributed by atoms with van der Waals surface area (Å²) in [5, 5.41) is 9.53. The number of benzene rings is 1. The molecule has 2 rings (SSSR count). The molecule has 1 aromatic carbocycles. The van der Waals surface area contributed by atoms with Gasteiger partial charge in [-0.15, -0.1) is 6.58 Å². The molecule has 0 amide bonds. The fourth-order valence-electron chi connectivity index (χ4n) is 2.01. The van der Waals surface area contributed by atoms with Crippen LogP contribution in [0, 0.1) is 6.92 Å². The quantitative estimate of drug-likeness (QED) is 0.672. The van der Waals surface area contributed by atoms with Gasteiger partial charge in [0.25, 0.3) is 0 Å². The number of carboxylic acid groups (broad SMARTS) is 1. The van der Waals surface area contributed by atoms with Gasteiger partial charge in [-0.2, -0.15) is 0 Å². The van der Waals surface area contributed by atoms with E-state index >= 15 is 0 Å². The SMILES string of the molecule is C=CC(C)n1c(SCC(=O)O)nc2cccc(C)c21. The van der Waals surface area contributed by atoms with Crippen LogP contribution in [-0.4, -0.2) is 26.4 Å². The van der Waals surface area contributed by atoms with Crippen molar-refractivity contribution in [3.63, 3.8) is 0 Å². The van der Waals surface area contributed by atoms with Gasteiger partial charge in [0.05, 0.1) is 22.8 Å². The number of carbonyl (C=O) groups is 1. The summed E-state index contributed by atoms with van der Waals surface area (Å²) < 4.78 is 2.05. The van der Waals surface area contributed by atoms with Gasteiger partial charge in [0.1, 0.15) is 0 Å². The van der Waals surface area contributed by atoms with Crippen LogP contribution >= 0.6 is 11.8 Å². The number of carboxylic acids is 1. The third-order valence-electron chi connectivity index (χ3n) is 2.95. The summed E-state index contributed by atoms with van der Waals surface area (Å²) in [4.78, 5) is 15.3. The smallest absolute Gasteiger partial charge is 0.313 e. The highest BCUT2D eigenvalue weighted by Gasteiger charge is 2.16. The van der Waals surface area contributed by atoms with Gasteiger partial charge in [0, 0.05) is 0 Å². The standard InChI is InChI=1S/C14H16N2O2S/c1-4-10(3)16-13-9(2)6-5-7-11(13)15-14(16)19-8-12(17)18/h4-7,10H,1,8H2,2-3H3,(H,17,18). The average Bonchev–Trinajstić information content (AvgIpc) is 2.75. The van der Waals surface area contributed by atoms with E-state index in [2.05, 4.69) is 11.6 Å². The molecule has 2 aromatic rings. The minimum absolute atomic E-state index is 0.00618. The number of hydrogen-bond acceptors (Lipinski definition) is 3. The predicted molar refractivity (Wildman–Crippen MR) is 77.7 cm³/mol. The van der Waals surface area contributed by atoms with Crippen molar-refractivity contribution < 1.29 is 9.90 Å². The van der Waals surface area contributed by atoms with Crippen LogP contribution < -0.4 is 0 Å². The van der Waals surface area contributed by atoms with E-state index in [0.717, 1.165) is 21.8 Å². The second-order valence-electron chi connectivity index (χ2n) is 4.37. The Morgan fingerprint density at radius 2 is 2.37 bits per heavy atom. The second kappa shape index (κ2) is 5.48. The lowest BCUT2D eigenvalue weighted by Gasteiger charge is -2.14. The number of nitrogens with zero attached hydrogens (tertiary/aromatic N) is 2. The summed E-state index contributed by atoms with van der Waals surface area (Å²) in [5.74, 6) is -0.835. The molecule has 0 radical (unpaired) electrons. The van der Waals surface area contributed by atoms with Crippen LogP contribution in [0.4, 0.5) is 0 Å². The maximum Gasteiger partial charge on any atom is 0.313 e. The van der Waals surface area contributed by atoms with Gasteiger partial charge in [-0.3, -0.25) is 4.79 Å². The van der Waals surface area contributed by atoms with Crippen molar-refractivity contribution in [2.24, 2.45) is 0 Å². The molecule has 100 valence electrons. The van der Waals surface area contributed by atoms with Crippen LogP contribution in [0.1, 0.15) is 18.5 Å². The van der Waals surface area contributed by atoms with Gasteiger partial charge >= 0.3 is 5.97 Å². The van der Waals surface area contributed by atoms with Gasteiger partial charge in [-0.05, 0) is 25.5 Å². The van der Waals surface area contributed by atoms with E-state index in [4.69, 9.17) is 5.11 Å². The molecule has 0 spiro atoms. The molecule has 0 bridgehead atoms. The molecule has 19 heavy (non-hydrogen) atoms. The lowest BCUT2D eigenvalue weighted by atomic mass is 10.2. The maximum absolute atomic E-state index is 10.7. The van der Waals surface area contributed by atoms with Crippen LogP contribution in [0.2, 0.25) is 0 Å². The summed E-state index contributed by atoms with van der Waals surface area (Å²) in [6.07, 6.45) is 1.83. The molecule has 0 saturated heterocycles. The van der Waals surface area contributed by atoms with E-state index in [9.17, 15) is 4.79 Å². The Morgan fingerprint density at radius 1 is 1.63 bits per heavy atom. The van der Waals surface area contributed by atoms with Gasteiger partial charge in [-0.25, -0.2) is 4.98 Å². The minimum Gasteiger partial charge on any atom is -0.481 e. The number of para-hydroxylation sites is 1. The van der Waals surface area contributed by atoms with Gasteiger partial charge in [0.15, 0.2) is 5.16 Å². The first-order valence-corrected chi connectivity index (χ1v) is 6.98. The number of aromatic nitrogens is 2. The van der Waals surface area contributed by atoms with Crippen LogP contribution in [0.3, 0.4) is 0 Å². The Labute approximate surface area is 116 Å². The van der Waals surface area contributed by atoms with Crippen molar-refractivity contribution in [1.29, 1.82) is 0 Å². The predicted octanol–water partition coefficient (Wildman–Crippen LogP) is 3.27. The number of allylic oxidation sites excluding steroid dienone is 1. The van der Waals surface area contributed by atoms with Gasteiger partial charge < -0.3 is 9.67 Å². The average molecular weight is 276 g/mol. The van der Waals surface area contributed by atoms with E-state index in [0.29, 0.717) is 0 Å². The molecule has 0 saturated carbocycles. The first-order valence-electron chi connectivity index (χ1n) is 5.99. The zero-order valence-electron chi connectivity index (χ0n) is 11.0.